The zero-order valence-electron chi connectivity index (χ0n) is 12.1. The van der Waals surface area contributed by atoms with Gasteiger partial charge >= 0.3 is 0 Å². The number of carbonyl (C=O) groups excluding carboxylic acids is 1. The van der Waals surface area contributed by atoms with Crippen LogP contribution in [0.15, 0.2) is 24.3 Å². The average Bonchev–Trinajstić information content (AvgIpc) is 2.84. The maximum atomic E-state index is 11.6. The highest BCUT2D eigenvalue weighted by Gasteiger charge is 2.22. The normalized spacial score (nSPS) is 17.9. The van der Waals surface area contributed by atoms with Crippen molar-refractivity contribution in [2.75, 3.05) is 13.1 Å². The molecule has 4 heteroatoms. The Morgan fingerprint density at radius 3 is 2.90 bits per heavy atom. The summed E-state index contributed by atoms with van der Waals surface area (Å²) in [5, 5.41) is 12.4. The van der Waals surface area contributed by atoms with Gasteiger partial charge in [-0.25, -0.2) is 0 Å². The molecule has 106 valence electrons. The Morgan fingerprint density at radius 2 is 2.25 bits per heavy atom. The molecule has 1 N–H and O–H groups in total. The number of nitrogens with zero attached hydrogens (tertiary/aromatic N) is 2. The molecule has 1 fully saturated rings. The number of amides is 1. The lowest BCUT2D eigenvalue weighted by Gasteiger charge is -2.25. The molecule has 1 amide bonds. The molecular formula is C16H21N3O. The standard InChI is InChI=1S/C16H21N3O/c1-12(11-19-8-4-7-16(19)20)18-13(2)15-6-3-5-14(9-15)10-17/h3,5-6,9,12-13,18H,4,7-8,11H2,1-2H3. The van der Waals surface area contributed by atoms with E-state index in [1.165, 1.54) is 0 Å². The summed E-state index contributed by atoms with van der Waals surface area (Å²) >= 11 is 0. The van der Waals surface area contributed by atoms with Gasteiger partial charge in [-0.15, -0.1) is 0 Å². The predicted octanol–water partition coefficient (Wildman–Crippen LogP) is 2.22. The van der Waals surface area contributed by atoms with Crippen molar-refractivity contribution in [3.8, 4) is 6.07 Å². The molecule has 0 aromatic heterocycles. The predicted molar refractivity (Wildman–Crippen MR) is 78.0 cm³/mol. The third-order valence-electron chi connectivity index (χ3n) is 3.72. The van der Waals surface area contributed by atoms with Crippen molar-refractivity contribution in [2.45, 2.75) is 38.8 Å². The number of hydrogen-bond acceptors (Lipinski definition) is 3. The van der Waals surface area contributed by atoms with Gasteiger partial charge in [0.25, 0.3) is 0 Å². The van der Waals surface area contributed by atoms with E-state index in [0.29, 0.717) is 12.0 Å². The van der Waals surface area contributed by atoms with Gasteiger partial charge in [-0.2, -0.15) is 5.26 Å². The second-order valence-corrected chi connectivity index (χ2v) is 5.47. The highest BCUT2D eigenvalue weighted by molar-refractivity contribution is 5.78. The summed E-state index contributed by atoms with van der Waals surface area (Å²) < 4.78 is 0. The van der Waals surface area contributed by atoms with Crippen molar-refractivity contribution < 1.29 is 4.79 Å². The monoisotopic (exact) mass is 271 g/mol. The minimum Gasteiger partial charge on any atom is -0.341 e. The van der Waals surface area contributed by atoms with Crippen LogP contribution in [0, 0.1) is 11.3 Å². The van der Waals surface area contributed by atoms with Gasteiger partial charge in [0.15, 0.2) is 0 Å². The quantitative estimate of drug-likeness (QED) is 0.893. The van der Waals surface area contributed by atoms with Crippen molar-refractivity contribution in [3.05, 3.63) is 35.4 Å². The molecule has 0 saturated carbocycles. The van der Waals surface area contributed by atoms with Crippen molar-refractivity contribution in [2.24, 2.45) is 0 Å². The Hall–Kier alpha value is -1.86. The minimum absolute atomic E-state index is 0.163. The Kier molecular flexibility index (Phi) is 4.75. The fraction of sp³-hybridized carbons (Fsp3) is 0.500. The molecule has 2 atom stereocenters. The third-order valence-corrected chi connectivity index (χ3v) is 3.72. The van der Waals surface area contributed by atoms with Crippen molar-refractivity contribution in [3.63, 3.8) is 0 Å². The molecule has 2 rings (SSSR count). The first-order chi connectivity index (χ1) is 9.60. The average molecular weight is 271 g/mol. The van der Waals surface area contributed by atoms with E-state index in [2.05, 4.69) is 25.2 Å². The molecular weight excluding hydrogens is 250 g/mol. The third kappa shape index (κ3) is 3.58. The van der Waals surface area contributed by atoms with Gasteiger partial charge in [-0.3, -0.25) is 4.79 Å². The van der Waals surface area contributed by atoms with Crippen LogP contribution in [0.2, 0.25) is 0 Å². The van der Waals surface area contributed by atoms with Crippen LogP contribution in [0.5, 0.6) is 0 Å². The fourth-order valence-corrected chi connectivity index (χ4v) is 2.68. The number of hydrogen-bond donors (Lipinski definition) is 1. The molecule has 1 heterocycles. The number of carbonyl (C=O) groups is 1. The number of benzene rings is 1. The fourth-order valence-electron chi connectivity index (χ4n) is 2.68. The van der Waals surface area contributed by atoms with Crippen molar-refractivity contribution >= 4 is 5.91 Å². The first kappa shape index (κ1) is 14.5. The zero-order valence-corrected chi connectivity index (χ0v) is 12.1. The number of likely N-dealkylation sites (tertiary alicyclic amines) is 1. The van der Waals surface area contributed by atoms with E-state index < -0.39 is 0 Å². The minimum atomic E-state index is 0.163. The summed E-state index contributed by atoms with van der Waals surface area (Å²) in [6.45, 7) is 5.80. The van der Waals surface area contributed by atoms with Crippen molar-refractivity contribution in [1.29, 1.82) is 5.26 Å². The summed E-state index contributed by atoms with van der Waals surface area (Å²) in [6, 6.07) is 10.2. The van der Waals surface area contributed by atoms with Crippen LogP contribution in [0.3, 0.4) is 0 Å². The molecule has 1 aliphatic heterocycles. The lowest BCUT2D eigenvalue weighted by atomic mass is 10.0. The van der Waals surface area contributed by atoms with E-state index in [9.17, 15) is 4.79 Å². The van der Waals surface area contributed by atoms with Crippen LogP contribution < -0.4 is 5.32 Å². The summed E-state index contributed by atoms with van der Waals surface area (Å²) in [5.74, 6) is 0.262. The smallest absolute Gasteiger partial charge is 0.222 e. The maximum Gasteiger partial charge on any atom is 0.222 e. The van der Waals surface area contributed by atoms with Gasteiger partial charge in [0.05, 0.1) is 11.6 Å². The highest BCUT2D eigenvalue weighted by Crippen LogP contribution is 2.16. The second kappa shape index (κ2) is 6.53. The van der Waals surface area contributed by atoms with Gasteiger partial charge in [0.1, 0.15) is 0 Å². The number of rotatable bonds is 5. The molecule has 1 aromatic rings. The van der Waals surface area contributed by atoms with Gasteiger partial charge in [0.2, 0.25) is 5.91 Å². The lowest BCUT2D eigenvalue weighted by Crippen LogP contribution is -2.40. The van der Waals surface area contributed by atoms with Crippen LogP contribution in [-0.2, 0) is 4.79 Å². The Bertz CT molecular complexity index is 521. The second-order valence-electron chi connectivity index (χ2n) is 5.47. The van der Waals surface area contributed by atoms with E-state index in [1.54, 1.807) is 0 Å². The first-order valence-electron chi connectivity index (χ1n) is 7.14. The molecule has 0 spiro atoms. The van der Waals surface area contributed by atoms with Gasteiger partial charge in [0, 0.05) is 31.6 Å². The van der Waals surface area contributed by atoms with Gasteiger partial charge in [-0.05, 0) is 38.0 Å². The Balaban J connectivity index is 1.91. The number of nitriles is 1. The van der Waals surface area contributed by atoms with Crippen molar-refractivity contribution in [1.82, 2.24) is 10.2 Å². The Morgan fingerprint density at radius 1 is 1.45 bits per heavy atom. The molecule has 1 aliphatic rings. The Labute approximate surface area is 120 Å². The van der Waals surface area contributed by atoms with E-state index in [-0.39, 0.29) is 18.0 Å². The van der Waals surface area contributed by atoms with Crippen LogP contribution in [0.25, 0.3) is 0 Å². The zero-order chi connectivity index (χ0) is 14.5. The number of nitrogens with one attached hydrogen (secondary N) is 1. The molecule has 1 saturated heterocycles. The highest BCUT2D eigenvalue weighted by atomic mass is 16.2. The SMILES string of the molecule is CC(CN1CCCC1=O)NC(C)c1cccc(C#N)c1. The summed E-state index contributed by atoms with van der Waals surface area (Å²) in [4.78, 5) is 13.5. The molecule has 0 bridgehead atoms. The first-order valence-corrected chi connectivity index (χ1v) is 7.14. The van der Waals surface area contributed by atoms with Crippen LogP contribution in [0.1, 0.15) is 43.9 Å². The largest absolute Gasteiger partial charge is 0.341 e. The lowest BCUT2D eigenvalue weighted by molar-refractivity contribution is -0.127. The van der Waals surface area contributed by atoms with E-state index >= 15 is 0 Å². The summed E-state index contributed by atoms with van der Waals surface area (Å²) in [5.41, 5.74) is 1.78. The molecule has 20 heavy (non-hydrogen) atoms. The van der Waals surface area contributed by atoms with Crippen LogP contribution in [0.4, 0.5) is 0 Å². The van der Waals surface area contributed by atoms with E-state index in [4.69, 9.17) is 5.26 Å². The summed E-state index contributed by atoms with van der Waals surface area (Å²) in [7, 11) is 0. The molecule has 4 nitrogen and oxygen atoms in total. The van der Waals surface area contributed by atoms with Crippen LogP contribution >= 0.6 is 0 Å². The van der Waals surface area contributed by atoms with Gasteiger partial charge < -0.3 is 10.2 Å². The molecule has 0 aliphatic carbocycles. The van der Waals surface area contributed by atoms with Crippen LogP contribution in [-0.4, -0.2) is 29.9 Å². The molecule has 0 radical (unpaired) electrons. The van der Waals surface area contributed by atoms with Gasteiger partial charge in [-0.1, -0.05) is 12.1 Å². The van der Waals surface area contributed by atoms with E-state index in [0.717, 1.165) is 25.1 Å². The topological polar surface area (TPSA) is 56.1 Å². The maximum absolute atomic E-state index is 11.6. The molecule has 1 aromatic carbocycles. The summed E-state index contributed by atoms with van der Waals surface area (Å²) in [6.07, 6.45) is 1.66. The molecule has 2 unspecified atom stereocenters. The van der Waals surface area contributed by atoms with E-state index in [1.807, 2.05) is 29.2 Å².